The van der Waals surface area contributed by atoms with E-state index in [1.54, 1.807) is 38.1 Å². The summed E-state index contributed by atoms with van der Waals surface area (Å²) in [6.07, 6.45) is 0.934. The van der Waals surface area contributed by atoms with Crippen molar-refractivity contribution in [1.29, 1.82) is 0 Å². The molecule has 0 unspecified atom stereocenters. The van der Waals surface area contributed by atoms with Crippen molar-refractivity contribution < 1.29 is 22.7 Å². The van der Waals surface area contributed by atoms with Crippen molar-refractivity contribution in [2.75, 3.05) is 23.4 Å². The van der Waals surface area contributed by atoms with Crippen LogP contribution in [0, 0.1) is 0 Å². The number of benzene rings is 2. The van der Waals surface area contributed by atoms with Crippen LogP contribution < -0.4 is 10.6 Å². The van der Waals surface area contributed by atoms with Gasteiger partial charge in [-0.1, -0.05) is 0 Å². The van der Waals surface area contributed by atoms with Crippen LogP contribution >= 0.6 is 0 Å². The van der Waals surface area contributed by atoms with Crippen LogP contribution in [0.15, 0.2) is 53.4 Å². The van der Waals surface area contributed by atoms with Gasteiger partial charge in [0.05, 0.1) is 23.1 Å². The Morgan fingerprint density at radius 1 is 0.963 bits per heavy atom. The summed E-state index contributed by atoms with van der Waals surface area (Å²) in [5, 5.41) is 5.62. The number of sulfone groups is 1. The van der Waals surface area contributed by atoms with E-state index in [2.05, 4.69) is 10.6 Å². The summed E-state index contributed by atoms with van der Waals surface area (Å²) in [7, 11) is -3.27. The average molecular weight is 390 g/mol. The second-order valence-electron chi connectivity index (χ2n) is 6.23. The molecule has 8 heteroatoms. The van der Waals surface area contributed by atoms with Crippen molar-refractivity contribution in [3.8, 4) is 0 Å². The van der Waals surface area contributed by atoms with E-state index in [1.165, 1.54) is 24.3 Å². The van der Waals surface area contributed by atoms with E-state index in [0.717, 1.165) is 6.26 Å². The summed E-state index contributed by atoms with van der Waals surface area (Å²) in [5.74, 6) is -0.683. The third-order valence-corrected chi connectivity index (χ3v) is 4.61. The third kappa shape index (κ3) is 6.41. The fraction of sp³-hybridized carbons (Fsp3) is 0.263. The monoisotopic (exact) mass is 390 g/mol. The van der Waals surface area contributed by atoms with E-state index < -0.39 is 15.8 Å². The molecule has 27 heavy (non-hydrogen) atoms. The van der Waals surface area contributed by atoms with E-state index in [1.807, 2.05) is 0 Å². The molecule has 144 valence electrons. The molecule has 2 N–H and O–H groups in total. The number of anilines is 2. The summed E-state index contributed by atoms with van der Waals surface area (Å²) in [6.45, 7) is 3.58. The maximum atomic E-state index is 12.0. The van der Waals surface area contributed by atoms with Gasteiger partial charge < -0.3 is 15.4 Å². The van der Waals surface area contributed by atoms with Crippen LogP contribution in [0.5, 0.6) is 0 Å². The van der Waals surface area contributed by atoms with E-state index >= 15 is 0 Å². The van der Waals surface area contributed by atoms with Crippen molar-refractivity contribution >= 4 is 33.1 Å². The third-order valence-electron chi connectivity index (χ3n) is 3.48. The number of hydrogen-bond acceptors (Lipinski definition) is 6. The van der Waals surface area contributed by atoms with Gasteiger partial charge in [0.1, 0.15) is 0 Å². The Bertz CT molecular complexity index is 904. The zero-order valence-corrected chi connectivity index (χ0v) is 16.2. The SMILES string of the molecule is CC(C)OC(=O)c1ccc(NCC(=O)Nc2ccc(S(C)(=O)=O)cc2)cc1. The molecule has 0 heterocycles. The molecule has 0 saturated heterocycles. The molecule has 2 rings (SSSR count). The van der Waals surface area contributed by atoms with Crippen LogP contribution in [-0.2, 0) is 19.4 Å². The number of carbonyl (C=O) groups excluding carboxylic acids is 2. The van der Waals surface area contributed by atoms with Gasteiger partial charge in [0.2, 0.25) is 5.91 Å². The highest BCUT2D eigenvalue weighted by atomic mass is 32.2. The number of esters is 1. The van der Waals surface area contributed by atoms with Gasteiger partial charge in [-0.3, -0.25) is 4.79 Å². The number of carbonyl (C=O) groups is 2. The van der Waals surface area contributed by atoms with Crippen molar-refractivity contribution in [3.63, 3.8) is 0 Å². The highest BCUT2D eigenvalue weighted by Crippen LogP contribution is 2.14. The van der Waals surface area contributed by atoms with Gasteiger partial charge in [-0.15, -0.1) is 0 Å². The van der Waals surface area contributed by atoms with Gasteiger partial charge in [0.25, 0.3) is 0 Å². The molecule has 7 nitrogen and oxygen atoms in total. The zero-order valence-electron chi connectivity index (χ0n) is 15.4. The van der Waals surface area contributed by atoms with Gasteiger partial charge >= 0.3 is 5.97 Å². The largest absolute Gasteiger partial charge is 0.459 e. The van der Waals surface area contributed by atoms with Crippen molar-refractivity contribution in [2.24, 2.45) is 0 Å². The summed E-state index contributed by atoms with van der Waals surface area (Å²) in [4.78, 5) is 24.0. The van der Waals surface area contributed by atoms with Crippen LogP contribution in [0.25, 0.3) is 0 Å². The van der Waals surface area contributed by atoms with E-state index in [4.69, 9.17) is 4.74 Å². The lowest BCUT2D eigenvalue weighted by Gasteiger charge is -2.10. The minimum absolute atomic E-state index is 0.0175. The average Bonchev–Trinajstić information content (AvgIpc) is 2.59. The summed E-state index contributed by atoms with van der Waals surface area (Å²) in [6, 6.07) is 12.5. The highest BCUT2D eigenvalue weighted by molar-refractivity contribution is 7.90. The van der Waals surface area contributed by atoms with Crippen LogP contribution in [0.1, 0.15) is 24.2 Å². The number of nitrogens with one attached hydrogen (secondary N) is 2. The molecular weight excluding hydrogens is 368 g/mol. The van der Waals surface area contributed by atoms with Gasteiger partial charge in [-0.25, -0.2) is 13.2 Å². The quantitative estimate of drug-likeness (QED) is 0.705. The minimum atomic E-state index is -3.27. The molecular formula is C19H22N2O5S. The Hall–Kier alpha value is -2.87. The highest BCUT2D eigenvalue weighted by Gasteiger charge is 2.10. The lowest BCUT2D eigenvalue weighted by Crippen LogP contribution is -2.21. The number of ether oxygens (including phenoxy) is 1. The topological polar surface area (TPSA) is 102 Å². The van der Waals surface area contributed by atoms with Gasteiger partial charge in [0, 0.05) is 17.6 Å². The second-order valence-corrected chi connectivity index (χ2v) is 8.25. The van der Waals surface area contributed by atoms with E-state index in [0.29, 0.717) is 16.9 Å². The standard InChI is InChI=1S/C19H22N2O5S/c1-13(2)26-19(23)14-4-6-15(7-5-14)20-12-18(22)21-16-8-10-17(11-9-16)27(3,24)25/h4-11,13,20H,12H2,1-3H3,(H,21,22). The molecule has 0 aliphatic rings. The summed E-state index contributed by atoms with van der Waals surface area (Å²) >= 11 is 0. The van der Waals surface area contributed by atoms with Crippen molar-refractivity contribution in [3.05, 3.63) is 54.1 Å². The first kappa shape index (κ1) is 20.4. The van der Waals surface area contributed by atoms with Crippen LogP contribution in [0.3, 0.4) is 0 Å². The maximum Gasteiger partial charge on any atom is 0.338 e. The number of hydrogen-bond donors (Lipinski definition) is 2. The molecule has 0 bridgehead atoms. The Morgan fingerprint density at radius 3 is 2.04 bits per heavy atom. The molecule has 0 saturated carbocycles. The molecule has 0 aliphatic heterocycles. The molecule has 0 radical (unpaired) electrons. The number of rotatable bonds is 7. The van der Waals surface area contributed by atoms with E-state index in [9.17, 15) is 18.0 Å². The molecule has 2 aromatic rings. The molecule has 0 fully saturated rings. The second kappa shape index (κ2) is 8.68. The van der Waals surface area contributed by atoms with Gasteiger partial charge in [-0.2, -0.15) is 0 Å². The van der Waals surface area contributed by atoms with Crippen LogP contribution in [0.4, 0.5) is 11.4 Å². The number of amides is 1. The normalized spacial score (nSPS) is 11.1. The molecule has 0 spiro atoms. The van der Waals surface area contributed by atoms with Gasteiger partial charge in [0.15, 0.2) is 9.84 Å². The van der Waals surface area contributed by atoms with Crippen molar-refractivity contribution in [1.82, 2.24) is 0 Å². The van der Waals surface area contributed by atoms with E-state index in [-0.39, 0.29) is 23.5 Å². The smallest absolute Gasteiger partial charge is 0.338 e. The van der Waals surface area contributed by atoms with Crippen LogP contribution in [0.2, 0.25) is 0 Å². The van der Waals surface area contributed by atoms with Crippen molar-refractivity contribution in [2.45, 2.75) is 24.8 Å². The Kier molecular flexibility index (Phi) is 6.57. The Morgan fingerprint density at radius 2 is 1.52 bits per heavy atom. The fourth-order valence-electron chi connectivity index (χ4n) is 2.18. The van der Waals surface area contributed by atoms with Gasteiger partial charge in [-0.05, 0) is 62.4 Å². The molecule has 2 aromatic carbocycles. The Labute approximate surface area is 158 Å². The first-order chi connectivity index (χ1) is 12.6. The summed E-state index contributed by atoms with van der Waals surface area (Å²) in [5.41, 5.74) is 1.62. The lowest BCUT2D eigenvalue weighted by atomic mass is 10.2. The lowest BCUT2D eigenvalue weighted by molar-refractivity contribution is -0.114. The fourth-order valence-corrected chi connectivity index (χ4v) is 2.81. The zero-order chi connectivity index (χ0) is 20.0. The molecule has 0 aliphatic carbocycles. The first-order valence-corrected chi connectivity index (χ1v) is 10.2. The van der Waals surface area contributed by atoms with Crippen LogP contribution in [-0.4, -0.2) is 39.2 Å². The minimum Gasteiger partial charge on any atom is -0.459 e. The first-order valence-electron chi connectivity index (χ1n) is 8.30. The predicted octanol–water partition coefficient (Wildman–Crippen LogP) is 2.71. The molecule has 1 amide bonds. The summed E-state index contributed by atoms with van der Waals surface area (Å²) < 4.78 is 27.9. The molecule has 0 aromatic heterocycles. The molecule has 0 atom stereocenters. The maximum absolute atomic E-state index is 12.0. The Balaban J connectivity index is 1.87. The predicted molar refractivity (Wildman–Crippen MR) is 104 cm³/mol.